The minimum Gasteiger partial charge on any atom is -0.497 e. The second-order valence-electron chi connectivity index (χ2n) is 6.46. The summed E-state index contributed by atoms with van der Waals surface area (Å²) in [5.74, 6) is 1.43. The molecule has 2 rings (SSSR count). The van der Waals surface area contributed by atoms with Gasteiger partial charge in [0.05, 0.1) is 19.7 Å². The third kappa shape index (κ3) is 5.43. The van der Waals surface area contributed by atoms with Crippen LogP contribution in [0.15, 0.2) is 29.3 Å². The van der Waals surface area contributed by atoms with E-state index in [2.05, 4.69) is 41.4 Å². The maximum atomic E-state index is 6.08. The molecule has 1 saturated carbocycles. The molecule has 1 aromatic rings. The van der Waals surface area contributed by atoms with E-state index < -0.39 is 0 Å². The van der Waals surface area contributed by atoms with Gasteiger partial charge in [0.1, 0.15) is 5.75 Å². The summed E-state index contributed by atoms with van der Waals surface area (Å²) in [6.45, 7) is 0.631. The topological polar surface area (TPSA) is 62.9 Å². The van der Waals surface area contributed by atoms with Crippen LogP contribution in [0.25, 0.3) is 0 Å². The van der Waals surface area contributed by atoms with Crippen molar-refractivity contribution in [3.8, 4) is 5.75 Å². The minimum atomic E-state index is 0.178. The number of benzene rings is 1. The van der Waals surface area contributed by atoms with Crippen LogP contribution in [0.3, 0.4) is 0 Å². The van der Waals surface area contributed by atoms with Crippen molar-refractivity contribution in [2.45, 2.75) is 44.2 Å². The van der Waals surface area contributed by atoms with Gasteiger partial charge in [-0.15, -0.1) is 0 Å². The van der Waals surface area contributed by atoms with E-state index in [-0.39, 0.29) is 6.04 Å². The van der Waals surface area contributed by atoms with Gasteiger partial charge in [0.15, 0.2) is 5.96 Å². The lowest BCUT2D eigenvalue weighted by Crippen LogP contribution is -2.41. The maximum absolute atomic E-state index is 6.08. The Kier molecular flexibility index (Phi) is 6.71. The summed E-state index contributed by atoms with van der Waals surface area (Å²) < 4.78 is 5.32. The Morgan fingerprint density at radius 3 is 2.74 bits per heavy atom. The van der Waals surface area contributed by atoms with Crippen LogP contribution in [0.2, 0.25) is 0 Å². The summed E-state index contributed by atoms with van der Waals surface area (Å²) >= 11 is 0. The minimum absolute atomic E-state index is 0.178. The number of hydrogen-bond acceptors (Lipinski definition) is 3. The van der Waals surface area contributed by atoms with E-state index in [1.807, 2.05) is 12.1 Å². The van der Waals surface area contributed by atoms with Crippen LogP contribution in [-0.4, -0.2) is 44.7 Å². The lowest BCUT2D eigenvalue weighted by atomic mass is 9.96. The van der Waals surface area contributed by atoms with Gasteiger partial charge in [-0.2, -0.15) is 0 Å². The number of nitrogens with one attached hydrogen (secondary N) is 1. The normalized spacial score (nSPS) is 18.0. The Bertz CT molecular complexity index is 509. The zero-order chi connectivity index (χ0) is 16.7. The molecule has 5 heteroatoms. The van der Waals surface area contributed by atoms with Crippen LogP contribution < -0.4 is 15.8 Å². The quantitative estimate of drug-likeness (QED) is 0.625. The highest BCUT2D eigenvalue weighted by atomic mass is 16.5. The van der Waals surface area contributed by atoms with Crippen molar-refractivity contribution in [3.05, 3.63) is 29.8 Å². The number of likely N-dealkylation sites (N-methyl/N-ethyl adjacent to an activating group) is 1. The number of rotatable bonds is 6. The van der Waals surface area contributed by atoms with Crippen LogP contribution in [-0.2, 0) is 0 Å². The molecule has 1 fully saturated rings. The van der Waals surface area contributed by atoms with Crippen molar-refractivity contribution in [2.24, 2.45) is 10.7 Å². The molecule has 0 heterocycles. The Morgan fingerprint density at radius 2 is 2.09 bits per heavy atom. The SMILES string of the molecule is COc1cccc(C(CN=C(N)NC2CCCCC2)N(C)C)c1. The summed E-state index contributed by atoms with van der Waals surface area (Å²) in [4.78, 5) is 6.73. The van der Waals surface area contributed by atoms with E-state index >= 15 is 0 Å². The van der Waals surface area contributed by atoms with Gasteiger partial charge >= 0.3 is 0 Å². The largest absolute Gasteiger partial charge is 0.497 e. The maximum Gasteiger partial charge on any atom is 0.188 e. The molecule has 1 aliphatic carbocycles. The van der Waals surface area contributed by atoms with Crippen molar-refractivity contribution in [2.75, 3.05) is 27.7 Å². The standard InChI is InChI=1S/C18H30N4O/c1-22(2)17(14-8-7-11-16(12-14)23-3)13-20-18(19)21-15-9-5-4-6-10-15/h7-8,11-12,15,17H,4-6,9-10,13H2,1-3H3,(H3,19,20,21). The molecule has 5 nitrogen and oxygen atoms in total. The van der Waals surface area contributed by atoms with Crippen molar-refractivity contribution in [1.29, 1.82) is 0 Å². The van der Waals surface area contributed by atoms with Crippen molar-refractivity contribution >= 4 is 5.96 Å². The molecular weight excluding hydrogens is 288 g/mol. The molecule has 1 aliphatic rings. The van der Waals surface area contributed by atoms with E-state index in [0.717, 1.165) is 5.75 Å². The molecule has 0 radical (unpaired) electrons. The Morgan fingerprint density at radius 1 is 1.35 bits per heavy atom. The third-order valence-corrected chi connectivity index (χ3v) is 4.49. The molecular formula is C18H30N4O. The van der Waals surface area contributed by atoms with E-state index in [1.54, 1.807) is 7.11 Å². The molecule has 0 spiro atoms. The molecule has 3 N–H and O–H groups in total. The van der Waals surface area contributed by atoms with Crippen LogP contribution in [0.1, 0.15) is 43.7 Å². The van der Waals surface area contributed by atoms with Crippen LogP contribution in [0.4, 0.5) is 0 Å². The molecule has 128 valence electrons. The molecule has 1 atom stereocenters. The van der Waals surface area contributed by atoms with E-state index in [4.69, 9.17) is 10.5 Å². The monoisotopic (exact) mass is 318 g/mol. The van der Waals surface area contributed by atoms with Gasteiger partial charge < -0.3 is 20.7 Å². The van der Waals surface area contributed by atoms with Crippen LogP contribution in [0, 0.1) is 0 Å². The van der Waals surface area contributed by atoms with Gasteiger partial charge in [-0.05, 0) is 44.6 Å². The summed E-state index contributed by atoms with van der Waals surface area (Å²) in [6.07, 6.45) is 6.31. The van der Waals surface area contributed by atoms with Gasteiger partial charge in [0.25, 0.3) is 0 Å². The fourth-order valence-electron chi connectivity index (χ4n) is 3.10. The number of nitrogens with zero attached hydrogens (tertiary/aromatic N) is 2. The Hall–Kier alpha value is -1.75. The van der Waals surface area contributed by atoms with Crippen molar-refractivity contribution in [1.82, 2.24) is 10.2 Å². The highest BCUT2D eigenvalue weighted by Gasteiger charge is 2.16. The van der Waals surface area contributed by atoms with E-state index in [9.17, 15) is 0 Å². The van der Waals surface area contributed by atoms with Gasteiger partial charge in [0, 0.05) is 6.04 Å². The lowest BCUT2D eigenvalue weighted by molar-refractivity contribution is 0.305. The van der Waals surface area contributed by atoms with E-state index in [0.29, 0.717) is 18.5 Å². The molecule has 23 heavy (non-hydrogen) atoms. The average Bonchev–Trinajstić information content (AvgIpc) is 2.56. The number of guanidine groups is 1. The van der Waals surface area contributed by atoms with Gasteiger partial charge in [-0.3, -0.25) is 4.99 Å². The first kappa shape index (κ1) is 17.6. The zero-order valence-electron chi connectivity index (χ0n) is 14.6. The Labute approximate surface area is 139 Å². The lowest BCUT2D eigenvalue weighted by Gasteiger charge is -2.25. The van der Waals surface area contributed by atoms with Crippen LogP contribution in [0.5, 0.6) is 5.75 Å². The second kappa shape index (κ2) is 8.77. The first-order chi connectivity index (χ1) is 11.1. The molecule has 1 aromatic carbocycles. The Balaban J connectivity index is 1.99. The molecule has 0 aliphatic heterocycles. The molecule has 0 bridgehead atoms. The highest BCUT2D eigenvalue weighted by Crippen LogP contribution is 2.23. The van der Waals surface area contributed by atoms with Crippen molar-refractivity contribution in [3.63, 3.8) is 0 Å². The van der Waals surface area contributed by atoms with Gasteiger partial charge in [0.2, 0.25) is 0 Å². The first-order valence-corrected chi connectivity index (χ1v) is 8.47. The number of aliphatic imine (C=N–C) groups is 1. The average molecular weight is 318 g/mol. The second-order valence-corrected chi connectivity index (χ2v) is 6.46. The zero-order valence-corrected chi connectivity index (χ0v) is 14.6. The number of nitrogens with two attached hydrogens (primary N) is 1. The fraction of sp³-hybridized carbons (Fsp3) is 0.611. The molecule has 1 unspecified atom stereocenters. The van der Waals surface area contributed by atoms with Crippen molar-refractivity contribution < 1.29 is 4.74 Å². The fourth-order valence-corrected chi connectivity index (χ4v) is 3.10. The highest BCUT2D eigenvalue weighted by molar-refractivity contribution is 5.78. The first-order valence-electron chi connectivity index (χ1n) is 8.47. The molecule has 0 saturated heterocycles. The van der Waals surface area contributed by atoms with Crippen LogP contribution >= 0.6 is 0 Å². The number of ether oxygens (including phenoxy) is 1. The van der Waals surface area contributed by atoms with E-state index in [1.165, 1.54) is 37.7 Å². The predicted octanol–water partition coefficient (Wildman–Crippen LogP) is 2.53. The third-order valence-electron chi connectivity index (χ3n) is 4.49. The summed E-state index contributed by atoms with van der Waals surface area (Å²) in [7, 11) is 5.81. The molecule has 0 amide bonds. The summed E-state index contributed by atoms with van der Waals surface area (Å²) in [5, 5.41) is 3.37. The number of hydrogen-bond donors (Lipinski definition) is 2. The summed E-state index contributed by atoms with van der Waals surface area (Å²) in [5.41, 5.74) is 7.27. The van der Waals surface area contributed by atoms with Gasteiger partial charge in [-0.25, -0.2) is 0 Å². The van der Waals surface area contributed by atoms with Gasteiger partial charge in [-0.1, -0.05) is 31.4 Å². The number of methoxy groups -OCH3 is 1. The molecule has 0 aromatic heterocycles. The smallest absolute Gasteiger partial charge is 0.188 e. The predicted molar refractivity (Wildman–Crippen MR) is 95.9 cm³/mol. The summed E-state index contributed by atoms with van der Waals surface area (Å²) in [6, 6.07) is 8.80.